The van der Waals surface area contributed by atoms with Crippen LogP contribution in [-0.2, 0) is 11.2 Å². The molecule has 9 nitrogen and oxygen atoms in total. The molecule has 5 unspecified atom stereocenters. The average molecular weight is 623 g/mol. The summed E-state index contributed by atoms with van der Waals surface area (Å²) >= 11 is 6.18. The number of aromatic amines is 1. The molecule has 0 radical (unpaired) electrons. The van der Waals surface area contributed by atoms with Crippen molar-refractivity contribution < 1.29 is 29.6 Å². The summed E-state index contributed by atoms with van der Waals surface area (Å²) in [6, 6.07) is 20.6. The van der Waals surface area contributed by atoms with Crippen LogP contribution < -0.4 is 9.80 Å². The molecule has 44 heavy (non-hydrogen) atoms. The van der Waals surface area contributed by atoms with Gasteiger partial charge in [-0.1, -0.05) is 35.9 Å². The van der Waals surface area contributed by atoms with Crippen LogP contribution in [-0.4, -0.2) is 87.2 Å². The average Bonchev–Trinajstić information content (AvgIpc) is 3.45. The molecule has 3 aliphatic heterocycles. The summed E-state index contributed by atoms with van der Waals surface area (Å²) in [5.74, 6) is 0.583. The van der Waals surface area contributed by atoms with Crippen molar-refractivity contribution in [1.82, 2.24) is 9.97 Å². The van der Waals surface area contributed by atoms with E-state index in [1.807, 2.05) is 42.5 Å². The van der Waals surface area contributed by atoms with Gasteiger partial charge in [0.15, 0.2) is 0 Å². The standard InChI is InChI=1S/C33H36ClFN4O5/c34-21-5-10-24-25(16-21)37-32(36-24)38-13-11-33(12-14-38)18-39(23-8-6-22(35)7-9-23)31(33)20-3-1-19(2-4-20)15-26-28(41)30(43)29(42)27(17-40)44-26/h1-10,16,26-31,40-43H,11-15,17-18H2,(H,36,37)/t26-,27?,28?,29?,30?,31?/m0/s1. The molecule has 5 N–H and O–H groups in total. The van der Waals surface area contributed by atoms with Crippen LogP contribution >= 0.6 is 11.6 Å². The first kappa shape index (κ1) is 29.5. The number of aliphatic hydroxyl groups is 4. The van der Waals surface area contributed by atoms with Gasteiger partial charge in [-0.2, -0.15) is 0 Å². The van der Waals surface area contributed by atoms with Gasteiger partial charge in [0.25, 0.3) is 0 Å². The monoisotopic (exact) mass is 622 g/mol. The van der Waals surface area contributed by atoms with Gasteiger partial charge in [-0.25, -0.2) is 9.37 Å². The van der Waals surface area contributed by atoms with E-state index in [0.29, 0.717) is 11.4 Å². The van der Waals surface area contributed by atoms with Crippen molar-refractivity contribution in [2.24, 2.45) is 5.41 Å². The van der Waals surface area contributed by atoms with E-state index in [4.69, 9.17) is 21.3 Å². The van der Waals surface area contributed by atoms with Gasteiger partial charge in [0.05, 0.1) is 29.8 Å². The number of anilines is 2. The zero-order valence-electron chi connectivity index (χ0n) is 24.1. The number of hydrogen-bond acceptors (Lipinski definition) is 8. The van der Waals surface area contributed by atoms with Crippen molar-refractivity contribution in [3.8, 4) is 0 Å². The van der Waals surface area contributed by atoms with Crippen molar-refractivity contribution in [1.29, 1.82) is 0 Å². The van der Waals surface area contributed by atoms with Gasteiger partial charge < -0.3 is 39.9 Å². The summed E-state index contributed by atoms with van der Waals surface area (Å²) in [5.41, 5.74) is 4.85. The van der Waals surface area contributed by atoms with Gasteiger partial charge in [0.2, 0.25) is 5.95 Å². The molecule has 4 aromatic rings. The zero-order valence-corrected chi connectivity index (χ0v) is 24.8. The molecule has 3 aliphatic rings. The molecule has 0 bridgehead atoms. The summed E-state index contributed by atoms with van der Waals surface area (Å²) in [5, 5.41) is 41.0. The van der Waals surface area contributed by atoms with Crippen LogP contribution in [0.5, 0.6) is 0 Å². The molecule has 4 heterocycles. The predicted molar refractivity (Wildman–Crippen MR) is 165 cm³/mol. The highest BCUT2D eigenvalue weighted by Crippen LogP contribution is 2.56. The number of hydrogen-bond donors (Lipinski definition) is 5. The highest BCUT2D eigenvalue weighted by atomic mass is 35.5. The van der Waals surface area contributed by atoms with Gasteiger partial charge in [0, 0.05) is 42.2 Å². The lowest BCUT2D eigenvalue weighted by molar-refractivity contribution is -0.228. The fourth-order valence-corrected chi connectivity index (χ4v) is 7.44. The molecule has 7 rings (SSSR count). The molecule has 6 atom stereocenters. The first-order chi connectivity index (χ1) is 21.2. The third kappa shape index (κ3) is 5.23. The van der Waals surface area contributed by atoms with Crippen molar-refractivity contribution in [2.75, 3.05) is 36.0 Å². The Labute approximate surface area is 259 Å². The minimum absolute atomic E-state index is 0.0268. The second kappa shape index (κ2) is 11.6. The van der Waals surface area contributed by atoms with Crippen LogP contribution in [0.25, 0.3) is 11.0 Å². The van der Waals surface area contributed by atoms with Crippen LogP contribution in [0.3, 0.4) is 0 Å². The van der Waals surface area contributed by atoms with E-state index in [-0.39, 0.29) is 17.3 Å². The van der Waals surface area contributed by atoms with E-state index in [2.05, 4.69) is 26.9 Å². The third-order valence-corrected chi connectivity index (χ3v) is 9.98. The highest BCUT2D eigenvalue weighted by molar-refractivity contribution is 6.31. The fourth-order valence-electron chi connectivity index (χ4n) is 7.27. The van der Waals surface area contributed by atoms with Crippen LogP contribution in [0.4, 0.5) is 16.0 Å². The number of halogens is 2. The Morgan fingerprint density at radius 2 is 1.64 bits per heavy atom. The van der Waals surface area contributed by atoms with Gasteiger partial charge in [-0.05, 0) is 66.4 Å². The summed E-state index contributed by atoms with van der Waals surface area (Å²) in [4.78, 5) is 12.8. The molecule has 0 amide bonds. The Bertz CT molecular complexity index is 1610. The molecule has 3 fully saturated rings. The fraction of sp³-hybridized carbons (Fsp3) is 0.424. The minimum atomic E-state index is -1.40. The number of benzene rings is 3. The van der Waals surface area contributed by atoms with Crippen molar-refractivity contribution >= 4 is 34.3 Å². The summed E-state index contributed by atoms with van der Waals surface area (Å²) in [7, 11) is 0. The SMILES string of the molecule is OCC1O[C@@H](Cc2ccc(C3N(c4ccc(F)cc4)CC34CCN(c3nc5ccc(Cl)cc5[nH]3)CC4)cc2)C(O)C(O)C1O. The molecule has 232 valence electrons. The molecular formula is C33H36ClFN4O5. The number of fused-ring (bicyclic) bond motifs is 1. The maximum atomic E-state index is 13.8. The Kier molecular flexibility index (Phi) is 7.76. The van der Waals surface area contributed by atoms with Crippen LogP contribution in [0, 0.1) is 11.2 Å². The third-order valence-electron chi connectivity index (χ3n) is 9.75. The summed E-state index contributed by atoms with van der Waals surface area (Å²) in [6.07, 6.45) is -3.51. The number of imidazole rings is 1. The zero-order chi connectivity index (χ0) is 30.6. The van der Waals surface area contributed by atoms with Gasteiger partial charge in [-0.15, -0.1) is 0 Å². The molecule has 11 heteroatoms. The molecule has 1 spiro atoms. The van der Waals surface area contributed by atoms with Gasteiger partial charge in [-0.3, -0.25) is 0 Å². The van der Waals surface area contributed by atoms with Crippen LogP contribution in [0.2, 0.25) is 5.02 Å². The predicted octanol–water partition coefficient (Wildman–Crippen LogP) is 3.59. The van der Waals surface area contributed by atoms with E-state index in [1.54, 1.807) is 0 Å². The van der Waals surface area contributed by atoms with Gasteiger partial charge in [0.1, 0.15) is 30.2 Å². The maximum Gasteiger partial charge on any atom is 0.203 e. The number of nitrogens with zero attached hydrogens (tertiary/aromatic N) is 3. The molecule has 3 aromatic carbocycles. The molecule has 1 aromatic heterocycles. The van der Waals surface area contributed by atoms with E-state index in [0.717, 1.165) is 66.3 Å². The second-order valence-electron chi connectivity index (χ2n) is 12.4. The lowest BCUT2D eigenvalue weighted by atomic mass is 9.63. The van der Waals surface area contributed by atoms with E-state index < -0.39 is 37.1 Å². The molecule has 0 saturated carbocycles. The summed E-state index contributed by atoms with van der Waals surface area (Å²) in [6.45, 7) is 2.10. The van der Waals surface area contributed by atoms with E-state index in [1.165, 1.54) is 12.1 Å². The Hall–Kier alpha value is -3.25. The largest absolute Gasteiger partial charge is 0.394 e. The highest BCUT2D eigenvalue weighted by Gasteiger charge is 2.54. The number of aliphatic hydroxyl groups excluding tert-OH is 4. The quantitative estimate of drug-likeness (QED) is 0.221. The Morgan fingerprint density at radius 3 is 2.34 bits per heavy atom. The first-order valence-corrected chi connectivity index (χ1v) is 15.4. The number of piperidine rings is 1. The van der Waals surface area contributed by atoms with Crippen LogP contribution in [0.1, 0.15) is 30.0 Å². The van der Waals surface area contributed by atoms with Crippen molar-refractivity contribution in [2.45, 2.75) is 55.8 Å². The lowest BCUT2D eigenvalue weighted by Gasteiger charge is -2.61. The number of ether oxygens (including phenoxy) is 1. The maximum absolute atomic E-state index is 13.8. The van der Waals surface area contributed by atoms with Crippen molar-refractivity contribution in [3.63, 3.8) is 0 Å². The number of rotatable bonds is 6. The van der Waals surface area contributed by atoms with Crippen LogP contribution in [0.15, 0.2) is 66.7 Å². The molecule has 3 saturated heterocycles. The minimum Gasteiger partial charge on any atom is -0.394 e. The smallest absolute Gasteiger partial charge is 0.203 e. The lowest BCUT2D eigenvalue weighted by Crippen LogP contribution is -2.62. The van der Waals surface area contributed by atoms with Gasteiger partial charge >= 0.3 is 0 Å². The van der Waals surface area contributed by atoms with E-state index in [9.17, 15) is 24.8 Å². The Morgan fingerprint density at radius 1 is 0.932 bits per heavy atom. The number of aromatic nitrogens is 2. The van der Waals surface area contributed by atoms with E-state index >= 15 is 0 Å². The number of nitrogens with one attached hydrogen (secondary N) is 1. The normalized spacial score (nSPS) is 28.4. The topological polar surface area (TPSA) is 125 Å². The Balaban J connectivity index is 1.11. The second-order valence-corrected chi connectivity index (χ2v) is 12.8. The molecule has 0 aliphatic carbocycles. The first-order valence-electron chi connectivity index (χ1n) is 15.1. The number of H-pyrrole nitrogens is 1. The van der Waals surface area contributed by atoms with Crippen molar-refractivity contribution in [3.05, 3.63) is 88.7 Å². The molecular weight excluding hydrogens is 587 g/mol. The summed E-state index contributed by atoms with van der Waals surface area (Å²) < 4.78 is 19.5.